The molecule has 1 aromatic rings. The van der Waals surface area contributed by atoms with Crippen molar-refractivity contribution in [2.24, 2.45) is 0 Å². The van der Waals surface area contributed by atoms with E-state index in [9.17, 15) is 8.76 Å². The largest absolute Gasteiger partial charge is 0.740 e. The minimum atomic E-state index is -2.74. The van der Waals surface area contributed by atoms with Crippen molar-refractivity contribution in [3.63, 3.8) is 0 Å². The second-order valence-corrected chi connectivity index (χ2v) is 4.20. The summed E-state index contributed by atoms with van der Waals surface area (Å²) in [6.45, 7) is 0. The molecule has 14 heavy (non-hydrogen) atoms. The summed E-state index contributed by atoms with van der Waals surface area (Å²) in [7, 11) is 0. The van der Waals surface area contributed by atoms with Crippen LogP contribution in [0, 0.1) is 0 Å². The minimum Gasteiger partial charge on any atom is -0.740 e. The van der Waals surface area contributed by atoms with E-state index in [1.165, 1.54) is 0 Å². The molecule has 0 aromatic heterocycles. The standard InChI is InChI=1S/C6H2Cl4O3S/c7-2-1-3(13-14(11)12)5(9)6(10)4(2)8/h1H,(H,11,12)/p-1. The first kappa shape index (κ1) is 12.4. The third-order valence-electron chi connectivity index (χ3n) is 1.23. The quantitative estimate of drug-likeness (QED) is 0.477. The summed E-state index contributed by atoms with van der Waals surface area (Å²) in [6, 6.07) is 1.16. The molecule has 0 N–H and O–H groups in total. The first-order valence-electron chi connectivity index (χ1n) is 3.04. The van der Waals surface area contributed by atoms with Crippen LogP contribution in [0.5, 0.6) is 5.75 Å². The highest BCUT2D eigenvalue weighted by molar-refractivity contribution is 7.74. The van der Waals surface area contributed by atoms with Crippen molar-refractivity contribution in [1.82, 2.24) is 0 Å². The van der Waals surface area contributed by atoms with Crippen molar-refractivity contribution in [1.29, 1.82) is 0 Å². The van der Waals surface area contributed by atoms with Gasteiger partial charge in [0.1, 0.15) is 16.4 Å². The van der Waals surface area contributed by atoms with E-state index in [1.54, 1.807) is 0 Å². The van der Waals surface area contributed by atoms with Crippen molar-refractivity contribution in [2.75, 3.05) is 0 Å². The van der Waals surface area contributed by atoms with E-state index in [4.69, 9.17) is 46.4 Å². The van der Waals surface area contributed by atoms with Gasteiger partial charge >= 0.3 is 0 Å². The third kappa shape index (κ3) is 2.66. The molecule has 0 saturated carbocycles. The Labute approximate surface area is 102 Å². The molecular formula is C6HCl4O3S-. The normalized spacial score (nSPS) is 12.6. The van der Waals surface area contributed by atoms with E-state index < -0.39 is 11.4 Å². The van der Waals surface area contributed by atoms with Crippen molar-refractivity contribution in [3.8, 4) is 5.75 Å². The van der Waals surface area contributed by atoms with Crippen LogP contribution < -0.4 is 4.18 Å². The predicted octanol–water partition coefficient (Wildman–Crippen LogP) is 3.47. The van der Waals surface area contributed by atoms with Crippen LogP contribution in [-0.2, 0) is 11.4 Å². The van der Waals surface area contributed by atoms with Crippen molar-refractivity contribution in [3.05, 3.63) is 26.2 Å². The lowest BCUT2D eigenvalue weighted by atomic mass is 10.3. The van der Waals surface area contributed by atoms with Crippen LogP contribution in [0.25, 0.3) is 0 Å². The minimum absolute atomic E-state index is 0.0439. The first-order valence-corrected chi connectivity index (χ1v) is 5.55. The second-order valence-electron chi connectivity index (χ2n) is 2.09. The zero-order valence-electron chi connectivity index (χ0n) is 6.22. The average Bonchev–Trinajstić information content (AvgIpc) is 2.10. The van der Waals surface area contributed by atoms with Gasteiger partial charge in [0.2, 0.25) is 0 Å². The van der Waals surface area contributed by atoms with Crippen LogP contribution in [-0.4, -0.2) is 8.76 Å². The molecule has 0 radical (unpaired) electrons. The zero-order chi connectivity index (χ0) is 10.9. The van der Waals surface area contributed by atoms with Gasteiger partial charge in [-0.1, -0.05) is 46.4 Å². The maximum Gasteiger partial charge on any atom is 0.160 e. The molecule has 0 saturated heterocycles. The Balaban J connectivity index is 3.25. The average molecular weight is 295 g/mol. The molecule has 1 aromatic carbocycles. The van der Waals surface area contributed by atoms with Crippen LogP contribution in [0.3, 0.4) is 0 Å². The Bertz CT molecular complexity index is 395. The predicted molar refractivity (Wildman–Crippen MR) is 56.0 cm³/mol. The van der Waals surface area contributed by atoms with Gasteiger partial charge < -0.3 is 8.74 Å². The lowest BCUT2D eigenvalue weighted by Crippen LogP contribution is -1.98. The molecule has 0 spiro atoms. The molecule has 0 aliphatic carbocycles. The molecule has 78 valence electrons. The Kier molecular flexibility index (Phi) is 4.30. The van der Waals surface area contributed by atoms with Crippen molar-refractivity contribution in [2.45, 2.75) is 0 Å². The topological polar surface area (TPSA) is 49.4 Å². The monoisotopic (exact) mass is 293 g/mol. The van der Waals surface area contributed by atoms with Crippen molar-refractivity contribution >= 4 is 57.8 Å². The van der Waals surface area contributed by atoms with Gasteiger partial charge in [0.05, 0.1) is 15.1 Å². The van der Waals surface area contributed by atoms with E-state index >= 15 is 0 Å². The molecule has 1 atom stereocenters. The lowest BCUT2D eigenvalue weighted by Gasteiger charge is -2.11. The van der Waals surface area contributed by atoms with Gasteiger partial charge in [0.25, 0.3) is 0 Å². The van der Waals surface area contributed by atoms with Crippen LogP contribution in [0.2, 0.25) is 20.1 Å². The highest BCUT2D eigenvalue weighted by atomic mass is 35.5. The molecule has 0 bridgehead atoms. The number of hydrogen-bond donors (Lipinski definition) is 0. The van der Waals surface area contributed by atoms with Crippen molar-refractivity contribution < 1.29 is 12.9 Å². The Morgan fingerprint density at radius 3 is 2.21 bits per heavy atom. The highest BCUT2D eigenvalue weighted by Gasteiger charge is 2.14. The summed E-state index contributed by atoms with van der Waals surface area (Å²) in [6.07, 6.45) is 0. The molecule has 3 nitrogen and oxygen atoms in total. The molecular weight excluding hydrogens is 294 g/mol. The smallest absolute Gasteiger partial charge is 0.160 e. The van der Waals surface area contributed by atoms with Gasteiger partial charge in [-0.3, -0.25) is 0 Å². The van der Waals surface area contributed by atoms with E-state index in [0.29, 0.717) is 0 Å². The fourth-order valence-electron chi connectivity index (χ4n) is 0.685. The third-order valence-corrected chi connectivity index (χ3v) is 3.28. The summed E-state index contributed by atoms with van der Waals surface area (Å²) < 4.78 is 24.8. The van der Waals surface area contributed by atoms with Gasteiger partial charge in [-0.15, -0.1) is 0 Å². The number of halogens is 4. The molecule has 0 aliphatic heterocycles. The zero-order valence-corrected chi connectivity index (χ0v) is 10.1. The first-order chi connectivity index (χ1) is 6.43. The molecule has 1 unspecified atom stereocenters. The summed E-state index contributed by atoms with van der Waals surface area (Å²) in [4.78, 5) is 0. The SMILES string of the molecule is O=S([O-])Oc1cc(Cl)c(Cl)c(Cl)c1Cl. The molecule has 0 heterocycles. The molecule has 8 heteroatoms. The van der Waals surface area contributed by atoms with Crippen LogP contribution in [0.15, 0.2) is 6.07 Å². The van der Waals surface area contributed by atoms with Gasteiger partial charge in [-0.05, 0) is 0 Å². The Morgan fingerprint density at radius 1 is 1.14 bits per heavy atom. The van der Waals surface area contributed by atoms with Gasteiger partial charge in [-0.25, -0.2) is 4.21 Å². The number of rotatable bonds is 2. The summed E-state index contributed by atoms with van der Waals surface area (Å²) >= 11 is 19.8. The van der Waals surface area contributed by atoms with Gasteiger partial charge in [-0.2, -0.15) is 0 Å². The maximum absolute atomic E-state index is 10.2. The molecule has 0 amide bonds. The molecule has 0 aliphatic rings. The Hall–Kier alpha value is 0.290. The van der Waals surface area contributed by atoms with E-state index in [1.807, 2.05) is 0 Å². The summed E-state index contributed by atoms with van der Waals surface area (Å²) in [5, 5.41) is -0.0598. The fraction of sp³-hybridized carbons (Fsp3) is 0. The van der Waals surface area contributed by atoms with Gasteiger partial charge in [0.15, 0.2) is 5.75 Å². The van der Waals surface area contributed by atoms with E-state index in [-0.39, 0.29) is 25.8 Å². The fourth-order valence-corrected chi connectivity index (χ4v) is 1.83. The second kappa shape index (κ2) is 4.88. The maximum atomic E-state index is 10.2. The van der Waals surface area contributed by atoms with Crippen LogP contribution in [0.4, 0.5) is 0 Å². The summed E-state index contributed by atoms with van der Waals surface area (Å²) in [5.41, 5.74) is 0. The van der Waals surface area contributed by atoms with E-state index in [0.717, 1.165) is 6.07 Å². The number of hydrogen-bond acceptors (Lipinski definition) is 3. The summed E-state index contributed by atoms with van der Waals surface area (Å²) in [5.74, 6) is -0.167. The number of benzene rings is 1. The van der Waals surface area contributed by atoms with E-state index in [2.05, 4.69) is 4.18 Å². The molecule has 1 rings (SSSR count). The Morgan fingerprint density at radius 2 is 1.71 bits per heavy atom. The lowest BCUT2D eigenvalue weighted by molar-refractivity contribution is 0.440. The van der Waals surface area contributed by atoms with Crippen LogP contribution in [0.1, 0.15) is 0 Å². The van der Waals surface area contributed by atoms with Gasteiger partial charge in [0, 0.05) is 6.07 Å². The van der Waals surface area contributed by atoms with Crippen LogP contribution >= 0.6 is 46.4 Å². The highest BCUT2D eigenvalue weighted by Crippen LogP contribution is 2.41. The molecule has 0 fully saturated rings.